The van der Waals surface area contributed by atoms with Gasteiger partial charge in [0.15, 0.2) is 0 Å². The van der Waals surface area contributed by atoms with Crippen LogP contribution in [0.3, 0.4) is 0 Å². The molecule has 0 spiro atoms. The normalized spacial score (nSPS) is 17.2. The van der Waals surface area contributed by atoms with Crippen LogP contribution in [0.2, 0.25) is 0 Å². The van der Waals surface area contributed by atoms with Crippen molar-refractivity contribution in [2.24, 2.45) is 0 Å². The molecule has 1 fully saturated rings. The van der Waals surface area contributed by atoms with Crippen LogP contribution >= 0.6 is 12.4 Å². The van der Waals surface area contributed by atoms with Crippen molar-refractivity contribution in [3.63, 3.8) is 0 Å². The maximum atomic E-state index is 13.2. The van der Waals surface area contributed by atoms with Gasteiger partial charge in [0.1, 0.15) is 5.82 Å². The van der Waals surface area contributed by atoms with Crippen LogP contribution in [0.5, 0.6) is 0 Å². The van der Waals surface area contributed by atoms with Gasteiger partial charge in [-0.3, -0.25) is 9.59 Å². The fraction of sp³-hybridized carbons (Fsp3) is 0.333. The Kier molecular flexibility index (Phi) is 5.15. The molecule has 1 atom stereocenters. The van der Waals surface area contributed by atoms with E-state index in [1.807, 2.05) is 0 Å². The minimum atomic E-state index is -0.453. The molecule has 1 aromatic heterocycles. The maximum Gasteiger partial charge on any atom is 0.252 e. The summed E-state index contributed by atoms with van der Waals surface area (Å²) in [4.78, 5) is 26.4. The van der Waals surface area contributed by atoms with Crippen molar-refractivity contribution in [2.75, 3.05) is 13.1 Å². The molecule has 1 aromatic carbocycles. The van der Waals surface area contributed by atoms with E-state index in [0.29, 0.717) is 17.4 Å². The van der Waals surface area contributed by atoms with Crippen molar-refractivity contribution in [3.05, 3.63) is 46.0 Å². The summed E-state index contributed by atoms with van der Waals surface area (Å²) in [6.07, 6.45) is 2.13. The summed E-state index contributed by atoms with van der Waals surface area (Å²) in [5, 5.41) is 6.65. The van der Waals surface area contributed by atoms with E-state index in [1.165, 1.54) is 24.3 Å². The third-order valence-corrected chi connectivity index (χ3v) is 3.72. The molecule has 7 heteroatoms. The highest BCUT2D eigenvalue weighted by atomic mass is 35.5. The Morgan fingerprint density at radius 1 is 1.36 bits per heavy atom. The number of aromatic amines is 1. The molecule has 1 aliphatic rings. The monoisotopic (exact) mass is 325 g/mol. The van der Waals surface area contributed by atoms with Gasteiger partial charge in [0.2, 0.25) is 5.56 Å². The summed E-state index contributed by atoms with van der Waals surface area (Å²) in [5.74, 6) is -0.766. The Balaban J connectivity index is 0.00000176. The van der Waals surface area contributed by atoms with Crippen molar-refractivity contribution in [2.45, 2.75) is 18.9 Å². The molecule has 118 valence electrons. The number of carbonyl (C=O) groups excluding carboxylic acids is 1. The largest absolute Gasteiger partial charge is 0.350 e. The van der Waals surface area contributed by atoms with Gasteiger partial charge in [-0.2, -0.15) is 0 Å². The van der Waals surface area contributed by atoms with Gasteiger partial charge in [-0.1, -0.05) is 0 Å². The number of benzene rings is 1. The molecular weight excluding hydrogens is 309 g/mol. The van der Waals surface area contributed by atoms with Crippen LogP contribution in [0, 0.1) is 5.82 Å². The molecule has 1 saturated heterocycles. The zero-order valence-electron chi connectivity index (χ0n) is 11.8. The average molecular weight is 326 g/mol. The van der Waals surface area contributed by atoms with Crippen molar-refractivity contribution in [3.8, 4) is 0 Å². The predicted octanol–water partition coefficient (Wildman–Crippen LogP) is 1.57. The molecular formula is C15H17ClFN3O2. The number of hydrogen-bond donors (Lipinski definition) is 3. The Morgan fingerprint density at radius 3 is 2.91 bits per heavy atom. The predicted molar refractivity (Wildman–Crippen MR) is 85.1 cm³/mol. The molecule has 1 unspecified atom stereocenters. The average Bonchev–Trinajstić information content (AvgIpc) is 2.96. The lowest BCUT2D eigenvalue weighted by Gasteiger charge is -2.12. The van der Waals surface area contributed by atoms with Gasteiger partial charge < -0.3 is 15.6 Å². The van der Waals surface area contributed by atoms with Gasteiger partial charge in [-0.05, 0) is 37.6 Å². The highest BCUT2D eigenvalue weighted by Crippen LogP contribution is 2.16. The van der Waals surface area contributed by atoms with E-state index in [9.17, 15) is 14.0 Å². The van der Waals surface area contributed by atoms with Crippen LogP contribution in [0.4, 0.5) is 4.39 Å². The first-order chi connectivity index (χ1) is 10.1. The molecule has 2 aromatic rings. The second kappa shape index (κ2) is 6.89. The molecule has 2 heterocycles. The molecule has 1 aliphatic heterocycles. The quantitative estimate of drug-likeness (QED) is 0.802. The van der Waals surface area contributed by atoms with Crippen molar-refractivity contribution >= 4 is 29.2 Å². The SMILES string of the molecule is Cl.O=C(NCC1CCCN1)c1cc(=O)[nH]c2cc(F)ccc12. The second-order valence-electron chi connectivity index (χ2n) is 5.24. The number of hydrogen-bond acceptors (Lipinski definition) is 3. The van der Waals surface area contributed by atoms with Crippen LogP contribution in [-0.2, 0) is 0 Å². The summed E-state index contributed by atoms with van der Waals surface area (Å²) in [6.45, 7) is 1.49. The van der Waals surface area contributed by atoms with E-state index in [4.69, 9.17) is 0 Å². The van der Waals surface area contributed by atoms with Crippen LogP contribution in [-0.4, -0.2) is 30.0 Å². The van der Waals surface area contributed by atoms with E-state index in [2.05, 4.69) is 15.6 Å². The number of fused-ring (bicyclic) bond motifs is 1. The number of carbonyl (C=O) groups is 1. The molecule has 5 nitrogen and oxygen atoms in total. The molecule has 1 amide bonds. The first kappa shape index (κ1) is 16.5. The summed E-state index contributed by atoms with van der Waals surface area (Å²) in [7, 11) is 0. The van der Waals surface area contributed by atoms with Crippen LogP contribution in [0.15, 0.2) is 29.1 Å². The standard InChI is InChI=1S/C15H16FN3O2.ClH/c16-9-3-4-11-12(7-14(20)19-13(11)6-9)15(21)18-8-10-2-1-5-17-10;/h3-4,6-7,10,17H,1-2,5,8H2,(H,18,21)(H,19,20);1H. The number of H-pyrrole nitrogens is 1. The Morgan fingerprint density at radius 2 is 2.18 bits per heavy atom. The fourth-order valence-corrected chi connectivity index (χ4v) is 2.66. The van der Waals surface area contributed by atoms with Crippen molar-refractivity contribution in [1.82, 2.24) is 15.6 Å². The zero-order valence-corrected chi connectivity index (χ0v) is 12.6. The second-order valence-corrected chi connectivity index (χ2v) is 5.24. The summed E-state index contributed by atoms with van der Waals surface area (Å²) in [5.41, 5.74) is 0.177. The smallest absolute Gasteiger partial charge is 0.252 e. The van der Waals surface area contributed by atoms with Gasteiger partial charge >= 0.3 is 0 Å². The lowest BCUT2D eigenvalue weighted by atomic mass is 10.1. The number of nitrogens with one attached hydrogen (secondary N) is 3. The van der Waals surface area contributed by atoms with Gasteiger partial charge in [0, 0.05) is 24.0 Å². The van der Waals surface area contributed by atoms with E-state index in [-0.39, 0.29) is 29.9 Å². The summed E-state index contributed by atoms with van der Waals surface area (Å²) < 4.78 is 13.2. The Hall–Kier alpha value is -1.92. The van der Waals surface area contributed by atoms with Gasteiger partial charge in [0.25, 0.3) is 5.91 Å². The minimum absolute atomic E-state index is 0. The van der Waals surface area contributed by atoms with Gasteiger partial charge in [-0.15, -0.1) is 12.4 Å². The van der Waals surface area contributed by atoms with Crippen LogP contribution in [0.1, 0.15) is 23.2 Å². The van der Waals surface area contributed by atoms with E-state index in [1.54, 1.807) is 0 Å². The van der Waals surface area contributed by atoms with Gasteiger partial charge in [0.05, 0.1) is 11.1 Å². The number of halogens is 2. The van der Waals surface area contributed by atoms with Crippen molar-refractivity contribution < 1.29 is 9.18 Å². The van der Waals surface area contributed by atoms with Crippen LogP contribution in [0.25, 0.3) is 10.9 Å². The zero-order chi connectivity index (χ0) is 14.8. The summed E-state index contributed by atoms with van der Waals surface area (Å²) in [6, 6.07) is 5.52. The number of rotatable bonds is 3. The maximum absolute atomic E-state index is 13.2. The lowest BCUT2D eigenvalue weighted by Crippen LogP contribution is -2.37. The molecule has 0 aliphatic carbocycles. The van der Waals surface area contributed by atoms with Gasteiger partial charge in [-0.25, -0.2) is 4.39 Å². The molecule has 0 bridgehead atoms. The summed E-state index contributed by atoms with van der Waals surface area (Å²) >= 11 is 0. The van der Waals surface area contributed by atoms with E-state index >= 15 is 0 Å². The van der Waals surface area contributed by atoms with E-state index in [0.717, 1.165) is 19.4 Å². The third-order valence-electron chi connectivity index (χ3n) is 3.72. The minimum Gasteiger partial charge on any atom is -0.350 e. The molecule has 3 rings (SSSR count). The third kappa shape index (κ3) is 3.45. The number of pyridine rings is 1. The lowest BCUT2D eigenvalue weighted by molar-refractivity contribution is 0.0952. The molecule has 3 N–H and O–H groups in total. The Bertz CT molecular complexity index is 741. The molecule has 0 saturated carbocycles. The van der Waals surface area contributed by atoms with E-state index < -0.39 is 11.4 Å². The number of aromatic nitrogens is 1. The Labute approximate surface area is 132 Å². The molecule has 22 heavy (non-hydrogen) atoms. The molecule has 0 radical (unpaired) electrons. The number of amides is 1. The first-order valence-electron chi connectivity index (χ1n) is 6.97. The first-order valence-corrected chi connectivity index (χ1v) is 6.97. The van der Waals surface area contributed by atoms with Crippen molar-refractivity contribution in [1.29, 1.82) is 0 Å². The topological polar surface area (TPSA) is 74.0 Å². The highest BCUT2D eigenvalue weighted by molar-refractivity contribution is 6.05. The fourth-order valence-electron chi connectivity index (χ4n) is 2.66. The van der Waals surface area contributed by atoms with Crippen LogP contribution < -0.4 is 16.2 Å². The highest BCUT2D eigenvalue weighted by Gasteiger charge is 2.17.